The van der Waals surface area contributed by atoms with Crippen LogP contribution < -0.4 is 10.5 Å². The van der Waals surface area contributed by atoms with Crippen molar-refractivity contribution in [3.8, 4) is 5.75 Å². The van der Waals surface area contributed by atoms with E-state index in [1.165, 1.54) is 7.11 Å². The monoisotopic (exact) mass is 312 g/mol. The van der Waals surface area contributed by atoms with Gasteiger partial charge in [-0.25, -0.2) is 4.39 Å². The zero-order valence-corrected chi connectivity index (χ0v) is 13.9. The minimum atomic E-state index is -0.321. The first-order valence-corrected chi connectivity index (χ1v) is 8.37. The molecule has 1 heterocycles. The zero-order chi connectivity index (χ0) is 15.5. The molecule has 3 nitrogen and oxygen atoms in total. The third kappa shape index (κ3) is 4.11. The molecule has 1 saturated heterocycles. The van der Waals surface area contributed by atoms with E-state index in [-0.39, 0.29) is 17.6 Å². The fourth-order valence-corrected chi connectivity index (χ4v) is 3.85. The molecule has 0 spiro atoms. The Morgan fingerprint density at radius 1 is 1.43 bits per heavy atom. The van der Waals surface area contributed by atoms with Gasteiger partial charge < -0.3 is 10.5 Å². The maximum atomic E-state index is 13.9. The Morgan fingerprint density at radius 2 is 2.19 bits per heavy atom. The highest BCUT2D eigenvalue weighted by atomic mass is 32.2. The average molecular weight is 312 g/mol. The molecule has 0 saturated carbocycles. The maximum absolute atomic E-state index is 13.9. The first-order valence-electron chi connectivity index (χ1n) is 7.38. The Labute approximate surface area is 131 Å². The summed E-state index contributed by atoms with van der Waals surface area (Å²) in [7, 11) is 1.48. The van der Waals surface area contributed by atoms with Crippen LogP contribution >= 0.6 is 11.8 Å². The van der Waals surface area contributed by atoms with Gasteiger partial charge in [-0.2, -0.15) is 11.8 Å². The van der Waals surface area contributed by atoms with Gasteiger partial charge in [-0.1, -0.05) is 19.9 Å². The Balaban J connectivity index is 2.17. The van der Waals surface area contributed by atoms with E-state index in [2.05, 4.69) is 18.7 Å². The van der Waals surface area contributed by atoms with Gasteiger partial charge in [0.05, 0.1) is 7.11 Å². The minimum absolute atomic E-state index is 0.0694. The van der Waals surface area contributed by atoms with Gasteiger partial charge in [-0.15, -0.1) is 0 Å². The normalized spacial score (nSPS) is 20.8. The molecule has 0 bridgehead atoms. The van der Waals surface area contributed by atoms with Gasteiger partial charge >= 0.3 is 0 Å². The highest BCUT2D eigenvalue weighted by molar-refractivity contribution is 8.00. The van der Waals surface area contributed by atoms with Crippen LogP contribution in [0.25, 0.3) is 0 Å². The third-order valence-corrected chi connectivity index (χ3v) is 5.47. The Bertz CT molecular complexity index is 481. The van der Waals surface area contributed by atoms with Crippen molar-refractivity contribution in [1.82, 2.24) is 4.90 Å². The minimum Gasteiger partial charge on any atom is -0.494 e. The number of hydrogen-bond donors (Lipinski definition) is 1. The van der Waals surface area contributed by atoms with Gasteiger partial charge in [-0.05, 0) is 24.1 Å². The largest absolute Gasteiger partial charge is 0.494 e. The number of nitrogens with zero attached hydrogens (tertiary/aromatic N) is 1. The van der Waals surface area contributed by atoms with Gasteiger partial charge in [0.15, 0.2) is 11.6 Å². The van der Waals surface area contributed by atoms with Crippen LogP contribution in [0.3, 0.4) is 0 Å². The summed E-state index contributed by atoms with van der Waals surface area (Å²) in [6.07, 6.45) is 1.12. The standard InChI is InChI=1S/C16H25FN2OS/c1-16(2)6-7-19(8-9-21-16)14(11-18)12-4-5-15(20-3)13(17)10-12/h4-5,10,14H,6-9,11,18H2,1-3H3. The first kappa shape index (κ1) is 16.6. The lowest BCUT2D eigenvalue weighted by molar-refractivity contribution is 0.210. The van der Waals surface area contributed by atoms with Gasteiger partial charge in [0.2, 0.25) is 0 Å². The van der Waals surface area contributed by atoms with Crippen molar-refractivity contribution >= 4 is 11.8 Å². The fourth-order valence-electron chi connectivity index (χ4n) is 2.73. The molecular weight excluding hydrogens is 287 g/mol. The number of hydrogen-bond acceptors (Lipinski definition) is 4. The maximum Gasteiger partial charge on any atom is 0.165 e. The molecule has 5 heteroatoms. The van der Waals surface area contributed by atoms with Gasteiger partial charge in [-0.3, -0.25) is 4.90 Å². The smallest absolute Gasteiger partial charge is 0.165 e. The van der Waals surface area contributed by atoms with E-state index in [9.17, 15) is 4.39 Å². The van der Waals surface area contributed by atoms with Crippen LogP contribution in [0, 0.1) is 5.82 Å². The number of nitrogens with two attached hydrogens (primary N) is 1. The van der Waals surface area contributed by atoms with Crippen LogP contribution in [0.2, 0.25) is 0 Å². The highest BCUT2D eigenvalue weighted by Crippen LogP contribution is 2.34. The molecule has 2 rings (SSSR count). The van der Waals surface area contributed by atoms with Crippen molar-refractivity contribution in [3.05, 3.63) is 29.6 Å². The quantitative estimate of drug-likeness (QED) is 0.927. The fraction of sp³-hybridized carbons (Fsp3) is 0.625. The Hall–Kier alpha value is -0.780. The van der Waals surface area contributed by atoms with Crippen molar-refractivity contribution in [2.45, 2.75) is 31.1 Å². The third-order valence-electron chi connectivity index (χ3n) is 4.10. The van der Waals surface area contributed by atoms with E-state index in [4.69, 9.17) is 10.5 Å². The summed E-state index contributed by atoms with van der Waals surface area (Å²) in [5, 5.41) is 0. The predicted octanol–water partition coefficient (Wildman–Crippen LogP) is 3.05. The van der Waals surface area contributed by atoms with Gasteiger partial charge in [0.25, 0.3) is 0 Å². The molecule has 1 aromatic rings. The average Bonchev–Trinajstić information content (AvgIpc) is 2.61. The van der Waals surface area contributed by atoms with Crippen LogP contribution in [0.5, 0.6) is 5.75 Å². The van der Waals surface area contributed by atoms with Gasteiger partial charge in [0, 0.05) is 36.2 Å². The number of halogens is 1. The summed E-state index contributed by atoms with van der Waals surface area (Å²) in [5.41, 5.74) is 6.90. The topological polar surface area (TPSA) is 38.5 Å². The molecule has 1 aliphatic heterocycles. The highest BCUT2D eigenvalue weighted by Gasteiger charge is 2.27. The summed E-state index contributed by atoms with van der Waals surface area (Å²) < 4.78 is 19.2. The second-order valence-electron chi connectivity index (χ2n) is 6.04. The molecule has 0 aliphatic carbocycles. The number of benzene rings is 1. The van der Waals surface area contributed by atoms with Crippen molar-refractivity contribution < 1.29 is 9.13 Å². The van der Waals surface area contributed by atoms with Crippen molar-refractivity contribution in [3.63, 3.8) is 0 Å². The van der Waals surface area contributed by atoms with Crippen molar-refractivity contribution in [2.75, 3.05) is 32.5 Å². The summed E-state index contributed by atoms with van der Waals surface area (Å²) in [4.78, 5) is 2.38. The molecule has 1 aromatic carbocycles. The van der Waals surface area contributed by atoms with Gasteiger partial charge in [0.1, 0.15) is 0 Å². The molecule has 2 N–H and O–H groups in total. The number of thioether (sulfide) groups is 1. The molecule has 0 aromatic heterocycles. The molecule has 0 radical (unpaired) electrons. The lowest BCUT2D eigenvalue weighted by Crippen LogP contribution is -2.36. The molecule has 0 amide bonds. The SMILES string of the molecule is COc1ccc(C(CN)N2CCSC(C)(C)CC2)cc1F. The van der Waals surface area contributed by atoms with Crippen LogP contribution in [0.4, 0.5) is 4.39 Å². The zero-order valence-electron chi connectivity index (χ0n) is 13.1. The second kappa shape index (κ2) is 6.99. The van der Waals surface area contributed by atoms with E-state index < -0.39 is 0 Å². The van der Waals surface area contributed by atoms with E-state index in [0.29, 0.717) is 11.3 Å². The van der Waals surface area contributed by atoms with Crippen LogP contribution in [0.15, 0.2) is 18.2 Å². The lowest BCUT2D eigenvalue weighted by atomic mass is 10.0. The van der Waals surface area contributed by atoms with Crippen LogP contribution in [0.1, 0.15) is 31.9 Å². The number of ether oxygens (including phenoxy) is 1. The molecule has 1 atom stereocenters. The summed E-state index contributed by atoms with van der Waals surface area (Å²) in [5.74, 6) is 1.04. The van der Waals surface area contributed by atoms with E-state index in [1.807, 2.05) is 17.8 Å². The molecule has 1 aliphatic rings. The Kier molecular flexibility index (Phi) is 5.52. The predicted molar refractivity (Wildman–Crippen MR) is 87.5 cm³/mol. The van der Waals surface area contributed by atoms with Crippen molar-refractivity contribution in [1.29, 1.82) is 0 Å². The van der Waals surface area contributed by atoms with Crippen molar-refractivity contribution in [2.24, 2.45) is 5.73 Å². The molecule has 118 valence electrons. The van der Waals surface area contributed by atoms with Crippen LogP contribution in [-0.4, -0.2) is 42.1 Å². The van der Waals surface area contributed by atoms with Crippen LogP contribution in [-0.2, 0) is 0 Å². The van der Waals surface area contributed by atoms with E-state index in [0.717, 1.165) is 30.8 Å². The molecule has 1 fully saturated rings. The van der Waals surface area contributed by atoms with E-state index in [1.54, 1.807) is 12.1 Å². The summed E-state index contributed by atoms with van der Waals surface area (Å²) >= 11 is 2.00. The first-order chi connectivity index (χ1) is 9.96. The number of methoxy groups -OCH3 is 1. The Morgan fingerprint density at radius 3 is 2.81 bits per heavy atom. The lowest BCUT2D eigenvalue weighted by Gasteiger charge is -2.30. The number of rotatable bonds is 4. The summed E-state index contributed by atoms with van der Waals surface area (Å²) in [6, 6.07) is 5.23. The molecule has 21 heavy (non-hydrogen) atoms. The second-order valence-corrected chi connectivity index (χ2v) is 7.84. The molecular formula is C16H25FN2OS. The summed E-state index contributed by atoms with van der Waals surface area (Å²) in [6.45, 7) is 7.05. The van der Waals surface area contributed by atoms with E-state index >= 15 is 0 Å². The molecule has 1 unspecified atom stereocenters.